The summed E-state index contributed by atoms with van der Waals surface area (Å²) in [4.78, 5) is 0. The van der Waals surface area contributed by atoms with E-state index < -0.39 is 0 Å². The molecule has 1 aliphatic rings. The third-order valence-corrected chi connectivity index (χ3v) is 5.57. The van der Waals surface area contributed by atoms with Crippen molar-refractivity contribution in [3.8, 4) is 11.5 Å². The lowest BCUT2D eigenvalue weighted by Crippen LogP contribution is -2.44. The Kier molecular flexibility index (Phi) is 5.66. The molecule has 1 unspecified atom stereocenters. The third kappa shape index (κ3) is 4.38. The van der Waals surface area contributed by atoms with Crippen LogP contribution in [0.3, 0.4) is 0 Å². The summed E-state index contributed by atoms with van der Waals surface area (Å²) in [6.45, 7) is 8.16. The number of furan rings is 1. The molecule has 0 saturated heterocycles. The summed E-state index contributed by atoms with van der Waals surface area (Å²) in [6.07, 6.45) is 7.36. The first kappa shape index (κ1) is 19.6. The number of aromatic hydroxyl groups is 1. The molecule has 4 nitrogen and oxygen atoms in total. The average molecular weight is 370 g/mol. The molecule has 4 heteroatoms. The first-order chi connectivity index (χ1) is 12.8. The van der Waals surface area contributed by atoms with Crippen LogP contribution in [0.1, 0.15) is 49.1 Å². The lowest BCUT2D eigenvalue weighted by molar-refractivity contribution is -0.0755. The number of fused-ring (bicyclic) bond motifs is 1. The quantitative estimate of drug-likeness (QED) is 0.674. The third-order valence-electron chi connectivity index (χ3n) is 5.57. The van der Waals surface area contributed by atoms with Gasteiger partial charge in [-0.25, -0.2) is 0 Å². The van der Waals surface area contributed by atoms with Crippen LogP contribution in [0.4, 0.5) is 0 Å². The molecule has 1 N–H and O–H groups in total. The predicted octanol–water partition coefficient (Wildman–Crippen LogP) is 5.28. The minimum absolute atomic E-state index is 0.0554. The van der Waals surface area contributed by atoms with Crippen LogP contribution >= 0.6 is 0 Å². The van der Waals surface area contributed by atoms with Gasteiger partial charge in [0.2, 0.25) is 0 Å². The maximum atomic E-state index is 9.95. The summed E-state index contributed by atoms with van der Waals surface area (Å²) >= 11 is 0. The van der Waals surface area contributed by atoms with E-state index in [1.807, 2.05) is 26.0 Å². The largest absolute Gasteiger partial charge is 0.508 e. The van der Waals surface area contributed by atoms with Crippen LogP contribution in [0.15, 0.2) is 40.5 Å². The van der Waals surface area contributed by atoms with Crippen molar-refractivity contribution in [2.75, 3.05) is 7.11 Å². The molecule has 146 valence electrons. The van der Waals surface area contributed by atoms with Gasteiger partial charge in [0, 0.05) is 25.5 Å². The molecule has 0 fully saturated rings. The standard InChI is InChI=1S/C23H30O4/c1-15(9-19-10-16(2)14-26-19)7-6-8-23(4,25-5)22-13-18-12-20(24)17(3)11-21(18)27-22/h7,10-12,14,22,24H,6,8-9,13H2,1-5H3/b15-7+/t22?,23-/m0/s1. The fourth-order valence-electron chi connectivity index (χ4n) is 3.65. The molecule has 0 radical (unpaired) electrons. The Bertz CT molecular complexity index is 802. The van der Waals surface area contributed by atoms with E-state index in [-0.39, 0.29) is 11.7 Å². The van der Waals surface area contributed by atoms with Gasteiger partial charge >= 0.3 is 0 Å². The number of ether oxygens (including phenoxy) is 2. The minimum Gasteiger partial charge on any atom is -0.508 e. The van der Waals surface area contributed by atoms with Crippen LogP contribution in [-0.2, 0) is 17.6 Å². The Morgan fingerprint density at radius 2 is 2.11 bits per heavy atom. The summed E-state index contributed by atoms with van der Waals surface area (Å²) in [5, 5.41) is 9.95. The molecule has 0 spiro atoms. The molecule has 0 saturated carbocycles. The molecule has 0 amide bonds. The number of hydrogen-bond acceptors (Lipinski definition) is 4. The van der Waals surface area contributed by atoms with Crippen molar-refractivity contribution in [1.82, 2.24) is 0 Å². The van der Waals surface area contributed by atoms with E-state index in [2.05, 4.69) is 26.0 Å². The topological polar surface area (TPSA) is 51.8 Å². The van der Waals surface area contributed by atoms with E-state index in [0.717, 1.165) is 53.9 Å². The van der Waals surface area contributed by atoms with Crippen molar-refractivity contribution in [2.24, 2.45) is 0 Å². The van der Waals surface area contributed by atoms with Crippen LogP contribution < -0.4 is 4.74 Å². The molecular formula is C23H30O4. The van der Waals surface area contributed by atoms with Gasteiger partial charge in [-0.15, -0.1) is 0 Å². The highest BCUT2D eigenvalue weighted by atomic mass is 16.5. The van der Waals surface area contributed by atoms with Crippen LogP contribution in [0.2, 0.25) is 0 Å². The van der Waals surface area contributed by atoms with E-state index in [0.29, 0.717) is 5.75 Å². The average Bonchev–Trinajstić information content (AvgIpc) is 3.21. The van der Waals surface area contributed by atoms with Gasteiger partial charge in [0.15, 0.2) is 0 Å². The Morgan fingerprint density at radius 3 is 2.78 bits per heavy atom. The number of benzene rings is 1. The zero-order valence-corrected chi connectivity index (χ0v) is 17.0. The molecule has 1 aromatic heterocycles. The van der Waals surface area contributed by atoms with E-state index in [1.54, 1.807) is 13.4 Å². The fraction of sp³-hybridized carbons (Fsp3) is 0.478. The maximum absolute atomic E-state index is 9.95. The Labute approximate surface area is 161 Å². The highest BCUT2D eigenvalue weighted by Gasteiger charge is 2.40. The van der Waals surface area contributed by atoms with Gasteiger partial charge in [-0.3, -0.25) is 0 Å². The molecule has 1 aliphatic heterocycles. The number of phenols is 1. The van der Waals surface area contributed by atoms with Crippen LogP contribution in [0.5, 0.6) is 11.5 Å². The normalized spacial score (nSPS) is 18.9. The minimum atomic E-state index is -0.388. The first-order valence-corrected chi connectivity index (χ1v) is 9.54. The van der Waals surface area contributed by atoms with Crippen molar-refractivity contribution in [3.05, 3.63) is 58.6 Å². The van der Waals surface area contributed by atoms with Crippen molar-refractivity contribution in [2.45, 2.75) is 65.1 Å². The summed E-state index contributed by atoms with van der Waals surface area (Å²) in [7, 11) is 1.75. The highest BCUT2D eigenvalue weighted by Crippen LogP contribution is 2.39. The highest BCUT2D eigenvalue weighted by molar-refractivity contribution is 5.47. The Hall–Kier alpha value is -2.20. The van der Waals surface area contributed by atoms with Crippen LogP contribution in [-0.4, -0.2) is 23.9 Å². The van der Waals surface area contributed by atoms with Crippen LogP contribution in [0, 0.1) is 13.8 Å². The van der Waals surface area contributed by atoms with Crippen molar-refractivity contribution < 1.29 is 19.0 Å². The molecule has 2 aromatic rings. The molecule has 0 bridgehead atoms. The number of hydrogen-bond donors (Lipinski definition) is 1. The van der Waals surface area contributed by atoms with Gasteiger partial charge in [0.1, 0.15) is 29.0 Å². The fourth-order valence-corrected chi connectivity index (χ4v) is 3.65. The maximum Gasteiger partial charge on any atom is 0.131 e. The van der Waals surface area contributed by atoms with Crippen LogP contribution in [0.25, 0.3) is 0 Å². The van der Waals surface area contributed by atoms with Gasteiger partial charge in [-0.2, -0.15) is 0 Å². The summed E-state index contributed by atoms with van der Waals surface area (Å²) in [5.74, 6) is 2.18. The smallest absolute Gasteiger partial charge is 0.131 e. The van der Waals surface area contributed by atoms with E-state index >= 15 is 0 Å². The summed E-state index contributed by atoms with van der Waals surface area (Å²) in [6, 6.07) is 5.81. The molecular weight excluding hydrogens is 340 g/mol. The number of phenolic OH excluding ortho intramolecular Hbond substituents is 1. The van der Waals surface area contributed by atoms with Gasteiger partial charge < -0.3 is 19.0 Å². The molecule has 2 atom stereocenters. The lowest BCUT2D eigenvalue weighted by Gasteiger charge is -2.33. The van der Waals surface area contributed by atoms with Gasteiger partial charge in [0.25, 0.3) is 0 Å². The van der Waals surface area contributed by atoms with Gasteiger partial charge in [-0.1, -0.05) is 11.6 Å². The molecule has 3 rings (SSSR count). The Balaban J connectivity index is 1.61. The Morgan fingerprint density at radius 1 is 1.33 bits per heavy atom. The van der Waals surface area contributed by atoms with Gasteiger partial charge in [0.05, 0.1) is 6.26 Å². The second kappa shape index (κ2) is 7.81. The van der Waals surface area contributed by atoms with E-state index in [4.69, 9.17) is 13.9 Å². The zero-order chi connectivity index (χ0) is 19.6. The number of allylic oxidation sites excluding steroid dienone is 2. The monoisotopic (exact) mass is 370 g/mol. The number of aryl methyl sites for hydroxylation is 2. The molecule has 27 heavy (non-hydrogen) atoms. The second-order valence-electron chi connectivity index (χ2n) is 7.93. The first-order valence-electron chi connectivity index (χ1n) is 9.54. The van der Waals surface area contributed by atoms with E-state index in [1.165, 1.54) is 5.57 Å². The molecule has 2 heterocycles. The summed E-state index contributed by atoms with van der Waals surface area (Å²) in [5.41, 5.74) is 3.94. The lowest BCUT2D eigenvalue weighted by atomic mass is 9.89. The van der Waals surface area contributed by atoms with Crippen molar-refractivity contribution in [3.63, 3.8) is 0 Å². The van der Waals surface area contributed by atoms with Gasteiger partial charge in [-0.05, 0) is 69.9 Å². The zero-order valence-electron chi connectivity index (χ0n) is 17.0. The SMILES string of the molecule is CO[C@@](C)(CC/C=C(\C)Cc1cc(C)co1)C1Cc2cc(O)c(C)cc2O1. The molecule has 0 aliphatic carbocycles. The number of rotatable bonds is 7. The van der Waals surface area contributed by atoms with Crippen molar-refractivity contribution >= 4 is 0 Å². The van der Waals surface area contributed by atoms with E-state index in [9.17, 15) is 5.11 Å². The predicted molar refractivity (Wildman–Crippen MR) is 107 cm³/mol. The van der Waals surface area contributed by atoms with Crippen molar-refractivity contribution in [1.29, 1.82) is 0 Å². The second-order valence-corrected chi connectivity index (χ2v) is 7.93. The molecule has 1 aromatic carbocycles. The number of methoxy groups -OCH3 is 1. The summed E-state index contributed by atoms with van der Waals surface area (Å²) < 4.78 is 17.6.